The average Bonchev–Trinajstić information content (AvgIpc) is 2.41. The summed E-state index contributed by atoms with van der Waals surface area (Å²) in [5.41, 5.74) is 7.21. The van der Waals surface area contributed by atoms with Crippen LogP contribution >= 0.6 is 0 Å². The molecule has 2 aromatic rings. The van der Waals surface area contributed by atoms with Gasteiger partial charge in [0.2, 0.25) is 0 Å². The van der Waals surface area contributed by atoms with Crippen LogP contribution < -0.4 is 16.4 Å². The molecule has 108 valence electrons. The van der Waals surface area contributed by atoms with Crippen LogP contribution in [0.1, 0.15) is 11.1 Å². The normalized spacial score (nSPS) is 10.0. The Hall–Kier alpha value is -2.89. The number of benzene rings is 2. The van der Waals surface area contributed by atoms with Gasteiger partial charge in [-0.1, -0.05) is 24.3 Å². The molecule has 2 rings (SSSR count). The number of hydrogen-bond donors (Lipinski definition) is 4. The Labute approximate surface area is 121 Å². The number of amidine groups is 1. The molecule has 2 aromatic carbocycles. The van der Waals surface area contributed by atoms with Crippen molar-refractivity contribution in [2.45, 2.75) is 6.92 Å². The highest BCUT2D eigenvalue weighted by Crippen LogP contribution is 2.19. The maximum atomic E-state index is 13.5. The van der Waals surface area contributed by atoms with Crippen molar-refractivity contribution < 1.29 is 9.18 Å². The molecule has 0 spiro atoms. The second-order valence-electron chi connectivity index (χ2n) is 4.47. The van der Waals surface area contributed by atoms with Crippen LogP contribution in [0.15, 0.2) is 42.5 Å². The van der Waals surface area contributed by atoms with Crippen molar-refractivity contribution in [3.63, 3.8) is 0 Å². The fourth-order valence-electron chi connectivity index (χ4n) is 1.97. The SMILES string of the molecule is Cc1cccc(NC(=O)Nc2ccccc2F)c1C(=N)N. The van der Waals surface area contributed by atoms with E-state index in [9.17, 15) is 9.18 Å². The topological polar surface area (TPSA) is 91.0 Å². The molecule has 0 aliphatic rings. The number of nitrogen functional groups attached to an aromatic ring is 1. The first kappa shape index (κ1) is 14.5. The maximum Gasteiger partial charge on any atom is 0.323 e. The van der Waals surface area contributed by atoms with Crippen LogP contribution in [0.2, 0.25) is 0 Å². The summed E-state index contributed by atoms with van der Waals surface area (Å²) in [6, 6.07) is 10.4. The summed E-state index contributed by atoms with van der Waals surface area (Å²) < 4.78 is 13.5. The summed E-state index contributed by atoms with van der Waals surface area (Å²) in [6.45, 7) is 1.79. The smallest absolute Gasteiger partial charge is 0.323 e. The quantitative estimate of drug-likeness (QED) is 0.516. The highest BCUT2D eigenvalue weighted by molar-refractivity contribution is 6.07. The molecule has 0 aliphatic heterocycles. The van der Waals surface area contributed by atoms with Crippen LogP contribution in [0.4, 0.5) is 20.6 Å². The number of aryl methyl sites for hydroxylation is 1. The minimum atomic E-state index is -0.604. The van der Waals surface area contributed by atoms with E-state index < -0.39 is 11.8 Å². The van der Waals surface area contributed by atoms with Crippen molar-refractivity contribution in [1.29, 1.82) is 5.41 Å². The number of hydrogen-bond acceptors (Lipinski definition) is 2. The summed E-state index contributed by atoms with van der Waals surface area (Å²) in [7, 11) is 0. The fourth-order valence-corrected chi connectivity index (χ4v) is 1.97. The first-order valence-corrected chi connectivity index (χ1v) is 6.25. The van der Waals surface area contributed by atoms with Crippen LogP contribution in [0.5, 0.6) is 0 Å². The Morgan fingerprint density at radius 3 is 2.38 bits per heavy atom. The molecule has 0 radical (unpaired) electrons. The van der Waals surface area contributed by atoms with Gasteiger partial charge in [0.25, 0.3) is 0 Å². The van der Waals surface area contributed by atoms with Gasteiger partial charge in [0.05, 0.1) is 11.4 Å². The predicted octanol–water partition coefficient (Wildman–Crippen LogP) is 3.06. The lowest BCUT2D eigenvalue weighted by atomic mass is 10.1. The lowest BCUT2D eigenvalue weighted by Gasteiger charge is -2.13. The molecule has 0 fully saturated rings. The highest BCUT2D eigenvalue weighted by atomic mass is 19.1. The molecule has 0 atom stereocenters. The van der Waals surface area contributed by atoms with Crippen LogP contribution in [-0.2, 0) is 0 Å². The summed E-state index contributed by atoms with van der Waals surface area (Å²) in [5.74, 6) is -0.669. The van der Waals surface area contributed by atoms with Gasteiger partial charge in [0.15, 0.2) is 0 Å². The molecule has 0 bridgehead atoms. The van der Waals surface area contributed by atoms with Crippen LogP contribution in [0, 0.1) is 18.2 Å². The second kappa shape index (κ2) is 6.04. The lowest BCUT2D eigenvalue weighted by Crippen LogP contribution is -2.23. The fraction of sp³-hybridized carbons (Fsp3) is 0.0667. The van der Waals surface area contributed by atoms with E-state index in [2.05, 4.69) is 10.6 Å². The summed E-state index contributed by atoms with van der Waals surface area (Å²) >= 11 is 0. The monoisotopic (exact) mass is 286 g/mol. The standard InChI is InChI=1S/C15H15FN4O/c1-9-5-4-8-12(13(9)14(17)18)20-15(21)19-11-7-3-2-6-10(11)16/h2-8H,1H3,(H3,17,18)(H2,19,20,21). The molecule has 2 amide bonds. The highest BCUT2D eigenvalue weighted by Gasteiger charge is 2.12. The van der Waals surface area contributed by atoms with E-state index in [1.165, 1.54) is 18.2 Å². The minimum absolute atomic E-state index is 0.0760. The molecule has 0 saturated heterocycles. The number of amides is 2. The number of anilines is 2. The average molecular weight is 286 g/mol. The van der Waals surface area contributed by atoms with Gasteiger partial charge in [-0.3, -0.25) is 5.41 Å². The van der Waals surface area contributed by atoms with Crippen molar-refractivity contribution in [3.05, 3.63) is 59.4 Å². The number of carbonyl (C=O) groups excluding carboxylic acids is 1. The molecule has 0 saturated carbocycles. The molecule has 0 aliphatic carbocycles. The predicted molar refractivity (Wildman–Crippen MR) is 81.2 cm³/mol. The molecule has 21 heavy (non-hydrogen) atoms. The molecule has 0 heterocycles. The van der Waals surface area contributed by atoms with E-state index in [-0.39, 0.29) is 11.5 Å². The number of para-hydroxylation sites is 1. The zero-order valence-electron chi connectivity index (χ0n) is 11.4. The molecule has 5 N–H and O–H groups in total. The summed E-state index contributed by atoms with van der Waals surface area (Å²) in [6.07, 6.45) is 0. The number of nitrogens with one attached hydrogen (secondary N) is 3. The number of rotatable bonds is 3. The number of halogens is 1. The number of carbonyl (C=O) groups is 1. The zero-order valence-corrected chi connectivity index (χ0v) is 11.4. The van der Waals surface area contributed by atoms with Gasteiger partial charge in [0, 0.05) is 5.56 Å². The van der Waals surface area contributed by atoms with Crippen molar-refractivity contribution in [2.24, 2.45) is 5.73 Å². The van der Waals surface area contributed by atoms with E-state index in [1.807, 2.05) is 0 Å². The maximum absolute atomic E-state index is 13.5. The van der Waals surface area contributed by atoms with Crippen molar-refractivity contribution in [2.75, 3.05) is 10.6 Å². The van der Waals surface area contributed by atoms with Gasteiger partial charge in [-0.25, -0.2) is 9.18 Å². The van der Waals surface area contributed by atoms with Gasteiger partial charge in [0.1, 0.15) is 11.7 Å². The third kappa shape index (κ3) is 3.36. The summed E-state index contributed by atoms with van der Waals surface area (Å²) in [5, 5.41) is 12.5. The van der Waals surface area contributed by atoms with Crippen molar-refractivity contribution in [3.8, 4) is 0 Å². The third-order valence-electron chi connectivity index (χ3n) is 2.91. The van der Waals surface area contributed by atoms with E-state index in [0.29, 0.717) is 11.3 Å². The first-order valence-electron chi connectivity index (χ1n) is 6.25. The molecular weight excluding hydrogens is 271 g/mol. The van der Waals surface area contributed by atoms with E-state index in [0.717, 1.165) is 5.56 Å². The van der Waals surface area contributed by atoms with E-state index >= 15 is 0 Å². The van der Waals surface area contributed by atoms with Gasteiger partial charge >= 0.3 is 6.03 Å². The van der Waals surface area contributed by atoms with Crippen LogP contribution in [-0.4, -0.2) is 11.9 Å². The lowest BCUT2D eigenvalue weighted by molar-refractivity contribution is 0.262. The third-order valence-corrected chi connectivity index (χ3v) is 2.91. The van der Waals surface area contributed by atoms with Crippen LogP contribution in [0.25, 0.3) is 0 Å². The Balaban J connectivity index is 2.19. The van der Waals surface area contributed by atoms with Crippen molar-refractivity contribution in [1.82, 2.24) is 0 Å². The van der Waals surface area contributed by atoms with Crippen molar-refractivity contribution >= 4 is 23.2 Å². The molecule has 5 nitrogen and oxygen atoms in total. The largest absolute Gasteiger partial charge is 0.384 e. The molecule has 6 heteroatoms. The Bertz CT molecular complexity index is 700. The number of urea groups is 1. The number of nitrogens with two attached hydrogens (primary N) is 1. The second-order valence-corrected chi connectivity index (χ2v) is 4.47. The molecule has 0 aromatic heterocycles. The van der Waals surface area contributed by atoms with Gasteiger partial charge < -0.3 is 16.4 Å². The summed E-state index contributed by atoms with van der Waals surface area (Å²) in [4.78, 5) is 11.9. The van der Waals surface area contributed by atoms with Gasteiger partial charge in [-0.2, -0.15) is 0 Å². The Kier molecular flexibility index (Phi) is 4.18. The van der Waals surface area contributed by atoms with Gasteiger partial charge in [-0.05, 0) is 30.7 Å². The molecule has 0 unspecified atom stereocenters. The Morgan fingerprint density at radius 1 is 1.10 bits per heavy atom. The first-order chi connectivity index (χ1) is 9.99. The van der Waals surface area contributed by atoms with Crippen LogP contribution in [0.3, 0.4) is 0 Å². The van der Waals surface area contributed by atoms with E-state index in [1.54, 1.807) is 31.2 Å². The van der Waals surface area contributed by atoms with E-state index in [4.69, 9.17) is 11.1 Å². The zero-order chi connectivity index (χ0) is 15.4. The molecular formula is C15H15FN4O. The Morgan fingerprint density at radius 2 is 1.71 bits per heavy atom. The van der Waals surface area contributed by atoms with Gasteiger partial charge in [-0.15, -0.1) is 0 Å². The minimum Gasteiger partial charge on any atom is -0.384 e.